The van der Waals surface area contributed by atoms with Crippen LogP contribution in [-0.4, -0.2) is 93.8 Å². The number of anilines is 1. The number of phenols is 1. The van der Waals surface area contributed by atoms with E-state index in [2.05, 4.69) is 5.73 Å². The summed E-state index contributed by atoms with van der Waals surface area (Å²) < 4.78 is 0. The van der Waals surface area contributed by atoms with Crippen molar-refractivity contribution in [2.45, 2.75) is 24.5 Å². The van der Waals surface area contributed by atoms with E-state index in [0.717, 1.165) is 5.69 Å². The number of aliphatic hydroxyl groups is 3. The van der Waals surface area contributed by atoms with Gasteiger partial charge >= 0.3 is 6.09 Å². The van der Waals surface area contributed by atoms with Crippen molar-refractivity contribution >= 4 is 35.0 Å². The molecule has 4 atom stereocenters. The number of carbonyl (C=O) groups excluding carboxylic acids is 3. The molecule has 37 heavy (non-hydrogen) atoms. The predicted octanol–water partition coefficient (Wildman–Crippen LogP) is -0.347. The van der Waals surface area contributed by atoms with Gasteiger partial charge < -0.3 is 41.9 Å². The highest BCUT2D eigenvalue weighted by molar-refractivity contribution is 6.24. The molecule has 1 fully saturated rings. The van der Waals surface area contributed by atoms with Crippen molar-refractivity contribution in [3.05, 3.63) is 40.2 Å². The molecule has 3 aliphatic carbocycles. The number of fused-ring (bicyclic) bond motifs is 3. The number of hydrogen-bond acceptors (Lipinski definition) is 10. The summed E-state index contributed by atoms with van der Waals surface area (Å²) >= 11 is 0. The van der Waals surface area contributed by atoms with E-state index < -0.39 is 64.1 Å². The molecule has 0 aliphatic heterocycles. The number of nitrogens with zero attached hydrogens (tertiary/aromatic N) is 2. The van der Waals surface area contributed by atoms with Gasteiger partial charge in [0.25, 0.3) is 5.91 Å². The second-order valence-electron chi connectivity index (χ2n) is 9.65. The lowest BCUT2D eigenvalue weighted by Crippen LogP contribution is -2.65. The minimum Gasteiger partial charge on any atom is -0.508 e. The minimum absolute atomic E-state index is 0.0638. The summed E-state index contributed by atoms with van der Waals surface area (Å²) in [5, 5.41) is 51.1. The van der Waals surface area contributed by atoms with Gasteiger partial charge in [0.2, 0.25) is 5.78 Å². The fourth-order valence-corrected chi connectivity index (χ4v) is 5.65. The number of carboxylic acid groups (broad SMARTS) is 1. The summed E-state index contributed by atoms with van der Waals surface area (Å²) in [4.78, 5) is 50.8. The second kappa shape index (κ2) is 9.41. The van der Waals surface area contributed by atoms with Crippen LogP contribution in [-0.2, 0) is 20.8 Å². The van der Waals surface area contributed by atoms with Crippen LogP contribution < -0.4 is 16.4 Å². The summed E-state index contributed by atoms with van der Waals surface area (Å²) in [5.41, 5.74) is 7.18. The molecule has 1 saturated carbocycles. The van der Waals surface area contributed by atoms with Gasteiger partial charge in [-0.15, -0.1) is 0 Å². The van der Waals surface area contributed by atoms with Crippen LogP contribution in [0.4, 0.5) is 10.5 Å². The Morgan fingerprint density at radius 3 is 2.11 bits per heavy atom. The van der Waals surface area contributed by atoms with Gasteiger partial charge in [0.1, 0.15) is 22.8 Å². The Kier molecular flexibility index (Phi) is 6.99. The topological polar surface area (TPSA) is 228 Å². The van der Waals surface area contributed by atoms with E-state index in [1.807, 2.05) is 19.0 Å². The van der Waals surface area contributed by atoms with Gasteiger partial charge in [0, 0.05) is 31.3 Å². The molecule has 13 nitrogen and oxygen atoms in total. The number of carbonyl (C=O) groups is 4. The Labute approximate surface area is 211 Å². The van der Waals surface area contributed by atoms with Gasteiger partial charge in [-0.05, 0) is 50.6 Å². The second-order valence-corrected chi connectivity index (χ2v) is 9.65. The first-order valence-corrected chi connectivity index (χ1v) is 11.2. The molecule has 2 amide bonds. The van der Waals surface area contributed by atoms with Gasteiger partial charge in [0.05, 0.1) is 11.6 Å². The van der Waals surface area contributed by atoms with Crippen LogP contribution >= 0.6 is 0 Å². The number of primary amides is 2. The van der Waals surface area contributed by atoms with Crippen molar-refractivity contribution in [1.29, 1.82) is 0 Å². The number of amides is 2. The van der Waals surface area contributed by atoms with Crippen LogP contribution in [0.25, 0.3) is 5.76 Å². The first-order chi connectivity index (χ1) is 17.1. The third-order valence-corrected chi connectivity index (χ3v) is 7.06. The zero-order chi connectivity index (χ0) is 28.1. The van der Waals surface area contributed by atoms with E-state index in [1.165, 1.54) is 11.0 Å². The molecule has 0 saturated heterocycles. The zero-order valence-electron chi connectivity index (χ0n) is 20.7. The van der Waals surface area contributed by atoms with Crippen molar-refractivity contribution in [2.75, 3.05) is 33.1 Å². The van der Waals surface area contributed by atoms with Gasteiger partial charge in [0.15, 0.2) is 11.4 Å². The number of nitrogens with two attached hydrogens (primary N) is 2. The molecule has 0 unspecified atom stereocenters. The summed E-state index contributed by atoms with van der Waals surface area (Å²) in [6, 6.07) is 2.01. The number of ketones is 2. The Morgan fingerprint density at radius 1 is 1.05 bits per heavy atom. The van der Waals surface area contributed by atoms with Gasteiger partial charge in [-0.3, -0.25) is 19.3 Å². The van der Waals surface area contributed by atoms with E-state index in [9.17, 15) is 34.8 Å². The Hall–Kier alpha value is -4.10. The van der Waals surface area contributed by atoms with Crippen LogP contribution in [0.5, 0.6) is 5.75 Å². The van der Waals surface area contributed by atoms with Gasteiger partial charge in [-0.25, -0.2) is 4.79 Å². The number of rotatable bonds is 3. The zero-order valence-corrected chi connectivity index (χ0v) is 20.7. The summed E-state index contributed by atoms with van der Waals surface area (Å²) in [5.74, 6) is -6.54. The molecule has 0 bridgehead atoms. The molecule has 0 spiro atoms. The maximum atomic E-state index is 13.7. The molecule has 9 N–H and O–H groups in total. The Balaban J connectivity index is 0.000000886. The van der Waals surface area contributed by atoms with Crippen LogP contribution in [0.1, 0.15) is 17.5 Å². The van der Waals surface area contributed by atoms with Crippen molar-refractivity contribution in [3.63, 3.8) is 0 Å². The standard InChI is InChI=1S/C23H27N3O7.CH3NO2/c1-25(2)12-5-6-13(27)15-10(12)7-9-8-11-17(26(3)4)19(29)16(22(24)32)21(31)23(11,33)20(30)14(9)18(15)28;2-1(3)4/h5-6,9,11,17,27-28,31,33H,7-8H2,1-4H3,(H2,24,32);2H2,(H,3,4)/t9-,11-,17-,23-;/m0./s1. The number of Topliss-reactive ketones (excluding diaryl/α,β-unsaturated/α-hetero) is 2. The lowest BCUT2D eigenvalue weighted by atomic mass is 9.57. The highest BCUT2D eigenvalue weighted by Crippen LogP contribution is 2.53. The number of likely N-dealkylation sites (N-methyl/N-ethyl adjacent to an activating group) is 1. The molecule has 200 valence electrons. The van der Waals surface area contributed by atoms with Gasteiger partial charge in [-0.2, -0.15) is 0 Å². The third-order valence-electron chi connectivity index (χ3n) is 7.06. The first kappa shape index (κ1) is 27.5. The normalized spacial score (nSPS) is 26.6. The quantitative estimate of drug-likeness (QED) is 0.256. The summed E-state index contributed by atoms with van der Waals surface area (Å²) in [6.07, 6.45) is -1.01. The molecule has 0 heterocycles. The highest BCUT2D eigenvalue weighted by Gasteiger charge is 2.64. The third kappa shape index (κ3) is 4.15. The van der Waals surface area contributed by atoms with Crippen molar-refractivity contribution < 1.29 is 44.7 Å². The molecular formula is C24H30N4O9. The molecule has 4 rings (SSSR count). The monoisotopic (exact) mass is 518 g/mol. The maximum absolute atomic E-state index is 13.7. The fourth-order valence-electron chi connectivity index (χ4n) is 5.65. The van der Waals surface area contributed by atoms with E-state index in [0.29, 0.717) is 5.56 Å². The van der Waals surface area contributed by atoms with E-state index in [-0.39, 0.29) is 29.7 Å². The Morgan fingerprint density at radius 2 is 1.62 bits per heavy atom. The fraction of sp³-hybridized carbons (Fsp3) is 0.417. The Bertz CT molecular complexity index is 1260. The predicted molar refractivity (Wildman–Crippen MR) is 131 cm³/mol. The largest absolute Gasteiger partial charge is 0.508 e. The maximum Gasteiger partial charge on any atom is 0.402 e. The summed E-state index contributed by atoms with van der Waals surface area (Å²) in [6.45, 7) is 0. The van der Waals surface area contributed by atoms with Crippen molar-refractivity contribution in [1.82, 2.24) is 4.90 Å². The molecule has 1 aromatic carbocycles. The summed E-state index contributed by atoms with van der Waals surface area (Å²) in [7, 11) is 6.75. The van der Waals surface area contributed by atoms with Crippen LogP contribution in [0.3, 0.4) is 0 Å². The number of aliphatic hydroxyl groups excluding tert-OH is 2. The lowest BCUT2D eigenvalue weighted by molar-refractivity contribution is -0.153. The van der Waals surface area contributed by atoms with Crippen molar-refractivity contribution in [2.24, 2.45) is 23.3 Å². The number of phenolic OH excluding ortho intramolecular Hbond substituents is 1. The average molecular weight is 519 g/mol. The molecule has 1 aromatic rings. The molecule has 0 aromatic heterocycles. The number of benzene rings is 1. The molecule has 3 aliphatic rings. The van der Waals surface area contributed by atoms with E-state index in [1.54, 1.807) is 20.2 Å². The first-order valence-electron chi connectivity index (χ1n) is 11.2. The van der Waals surface area contributed by atoms with Crippen LogP contribution in [0.15, 0.2) is 29.0 Å². The number of aromatic hydroxyl groups is 1. The van der Waals surface area contributed by atoms with E-state index >= 15 is 0 Å². The SMILES string of the molecule is CN(C)c1ccc(O)c2c1C[C@H]1C[C@H]3[C@H](N(C)C)C(=O)C(C(N)=O)=C(O)[C@@]3(O)C(=O)C1=C2O.NC(=O)O. The molecular weight excluding hydrogens is 488 g/mol. The number of hydrogen-bond donors (Lipinski definition) is 7. The average Bonchev–Trinajstić information content (AvgIpc) is 2.75. The molecule has 0 radical (unpaired) electrons. The van der Waals surface area contributed by atoms with E-state index in [4.69, 9.17) is 15.6 Å². The van der Waals surface area contributed by atoms with Crippen molar-refractivity contribution in [3.8, 4) is 5.75 Å². The minimum atomic E-state index is -2.63. The van der Waals surface area contributed by atoms with Gasteiger partial charge in [-0.1, -0.05) is 0 Å². The van der Waals surface area contributed by atoms with Crippen LogP contribution in [0.2, 0.25) is 0 Å². The highest BCUT2D eigenvalue weighted by atomic mass is 16.4. The lowest BCUT2D eigenvalue weighted by Gasteiger charge is -2.50. The smallest absolute Gasteiger partial charge is 0.402 e. The molecule has 13 heteroatoms. The van der Waals surface area contributed by atoms with Crippen LogP contribution in [0, 0.1) is 11.8 Å².